The fourth-order valence-corrected chi connectivity index (χ4v) is 2.75. The Bertz CT molecular complexity index is 714. The van der Waals surface area contributed by atoms with Gasteiger partial charge in [0.05, 0.1) is 11.4 Å². The number of carbonyl (C=O) groups excluding carboxylic acids is 2. The number of sulfone groups is 1. The third-order valence-electron chi connectivity index (χ3n) is 3.27. The minimum absolute atomic E-state index is 0.0664. The molecule has 2 rings (SSSR count). The molecule has 6 nitrogen and oxygen atoms in total. The summed E-state index contributed by atoms with van der Waals surface area (Å²) < 4.78 is 47.4. The van der Waals surface area contributed by atoms with Gasteiger partial charge in [0, 0.05) is 0 Å². The second kappa shape index (κ2) is 5.31. The third kappa shape index (κ3) is 2.80. The van der Waals surface area contributed by atoms with Gasteiger partial charge in [-0.05, 0) is 31.5 Å². The Morgan fingerprint density at radius 3 is 2.14 bits per heavy atom. The van der Waals surface area contributed by atoms with Gasteiger partial charge in [-0.1, -0.05) is 12.1 Å². The third-order valence-corrected chi connectivity index (χ3v) is 4.67. The van der Waals surface area contributed by atoms with Gasteiger partial charge < -0.3 is 5.32 Å². The second-order valence-electron chi connectivity index (χ2n) is 5.40. The lowest BCUT2D eigenvalue weighted by molar-refractivity contribution is -0.130. The van der Waals surface area contributed by atoms with Crippen molar-refractivity contribution in [3.8, 4) is 0 Å². The summed E-state index contributed by atoms with van der Waals surface area (Å²) in [6, 6.07) is 4.09. The molecule has 3 amide bonds. The summed E-state index contributed by atoms with van der Waals surface area (Å²) in [7, 11) is -4.65. The predicted molar refractivity (Wildman–Crippen MR) is 72.8 cm³/mol. The van der Waals surface area contributed by atoms with Crippen LogP contribution < -0.4 is 5.32 Å². The van der Waals surface area contributed by atoms with Gasteiger partial charge in [-0.15, -0.1) is 0 Å². The predicted octanol–water partition coefficient (Wildman–Crippen LogP) is 1.51. The summed E-state index contributed by atoms with van der Waals surface area (Å²) >= 11 is 0. The molecule has 0 aliphatic carbocycles. The molecule has 0 aromatic heterocycles. The molecule has 1 saturated heterocycles. The van der Waals surface area contributed by atoms with Gasteiger partial charge in [-0.2, -0.15) is 8.78 Å². The van der Waals surface area contributed by atoms with Gasteiger partial charge in [0.2, 0.25) is 9.84 Å². The number of nitrogens with zero attached hydrogens (tertiary/aromatic N) is 1. The van der Waals surface area contributed by atoms with Crippen LogP contribution in [-0.2, 0) is 21.2 Å². The number of amides is 3. The lowest BCUT2D eigenvalue weighted by atomic mass is 10.1. The van der Waals surface area contributed by atoms with Gasteiger partial charge in [0.15, 0.2) is 0 Å². The van der Waals surface area contributed by atoms with E-state index in [0.29, 0.717) is 5.56 Å². The molecule has 1 aliphatic heterocycles. The highest BCUT2D eigenvalue weighted by molar-refractivity contribution is 7.91. The number of benzene rings is 1. The highest BCUT2D eigenvalue weighted by Crippen LogP contribution is 2.22. The molecular formula is C13H14F2N2O4S. The Hall–Kier alpha value is -2.03. The minimum Gasteiger partial charge on any atom is -0.324 e. The summed E-state index contributed by atoms with van der Waals surface area (Å²) in [5, 5.41) is 2.51. The fraction of sp³-hybridized carbons (Fsp3) is 0.385. The monoisotopic (exact) mass is 332 g/mol. The number of carbonyl (C=O) groups is 2. The van der Waals surface area contributed by atoms with Gasteiger partial charge in [0.1, 0.15) is 5.54 Å². The van der Waals surface area contributed by atoms with Crippen LogP contribution in [0.1, 0.15) is 19.4 Å². The summed E-state index contributed by atoms with van der Waals surface area (Å²) in [6.07, 6.45) is 0. The highest BCUT2D eigenvalue weighted by atomic mass is 32.2. The lowest BCUT2D eigenvalue weighted by Crippen LogP contribution is -2.40. The first kappa shape index (κ1) is 16.3. The van der Waals surface area contributed by atoms with Crippen molar-refractivity contribution in [2.45, 2.75) is 36.6 Å². The minimum atomic E-state index is -4.65. The van der Waals surface area contributed by atoms with Crippen LogP contribution in [0.2, 0.25) is 0 Å². The van der Waals surface area contributed by atoms with E-state index in [1.807, 2.05) is 0 Å². The van der Waals surface area contributed by atoms with Crippen LogP contribution in [0.5, 0.6) is 0 Å². The van der Waals surface area contributed by atoms with E-state index in [4.69, 9.17) is 0 Å². The van der Waals surface area contributed by atoms with Crippen molar-refractivity contribution < 1.29 is 26.8 Å². The van der Waals surface area contributed by atoms with Crippen LogP contribution in [0, 0.1) is 0 Å². The van der Waals surface area contributed by atoms with Crippen molar-refractivity contribution in [1.82, 2.24) is 10.2 Å². The largest absolute Gasteiger partial charge is 0.341 e. The van der Waals surface area contributed by atoms with E-state index in [2.05, 4.69) is 5.32 Å². The number of alkyl halides is 2. The van der Waals surface area contributed by atoms with Crippen molar-refractivity contribution in [2.24, 2.45) is 0 Å². The lowest BCUT2D eigenvalue weighted by Gasteiger charge is -2.16. The number of hydrogen-bond donors (Lipinski definition) is 1. The van der Waals surface area contributed by atoms with Crippen LogP contribution in [-0.4, -0.2) is 36.6 Å². The van der Waals surface area contributed by atoms with E-state index in [0.717, 1.165) is 17.0 Å². The molecular weight excluding hydrogens is 318 g/mol. The molecule has 9 heteroatoms. The van der Waals surface area contributed by atoms with Crippen LogP contribution >= 0.6 is 0 Å². The second-order valence-corrected chi connectivity index (χ2v) is 7.31. The first-order chi connectivity index (χ1) is 10.1. The molecule has 22 heavy (non-hydrogen) atoms. The molecule has 0 saturated carbocycles. The molecule has 0 spiro atoms. The molecule has 1 aromatic carbocycles. The molecule has 1 aliphatic rings. The number of nitrogens with one attached hydrogen (secondary N) is 1. The smallest absolute Gasteiger partial charge is 0.324 e. The van der Waals surface area contributed by atoms with Gasteiger partial charge in [-0.3, -0.25) is 9.69 Å². The molecule has 1 heterocycles. The average molecular weight is 332 g/mol. The van der Waals surface area contributed by atoms with Crippen LogP contribution in [0.3, 0.4) is 0 Å². The van der Waals surface area contributed by atoms with E-state index < -0.39 is 38.0 Å². The maximum atomic E-state index is 12.4. The number of imide groups is 1. The van der Waals surface area contributed by atoms with Gasteiger partial charge in [0.25, 0.3) is 5.91 Å². The highest BCUT2D eigenvalue weighted by Gasteiger charge is 2.44. The van der Waals surface area contributed by atoms with Crippen molar-refractivity contribution in [1.29, 1.82) is 0 Å². The quantitative estimate of drug-likeness (QED) is 0.847. The number of urea groups is 1. The fourth-order valence-electron chi connectivity index (χ4n) is 2.03. The van der Waals surface area contributed by atoms with Crippen molar-refractivity contribution in [3.05, 3.63) is 29.8 Å². The first-order valence-corrected chi connectivity index (χ1v) is 7.85. The molecule has 0 unspecified atom stereocenters. The molecule has 1 N–H and O–H groups in total. The van der Waals surface area contributed by atoms with Crippen LogP contribution in [0.15, 0.2) is 29.2 Å². The molecule has 1 aromatic rings. The van der Waals surface area contributed by atoms with Crippen molar-refractivity contribution in [3.63, 3.8) is 0 Å². The molecule has 120 valence electrons. The molecule has 1 fully saturated rings. The summed E-state index contributed by atoms with van der Waals surface area (Å²) in [5.74, 6) is -3.91. The van der Waals surface area contributed by atoms with E-state index in [-0.39, 0.29) is 6.54 Å². The van der Waals surface area contributed by atoms with E-state index in [1.54, 1.807) is 13.8 Å². The van der Waals surface area contributed by atoms with Crippen LogP contribution in [0.4, 0.5) is 13.6 Å². The molecule has 0 bridgehead atoms. The van der Waals surface area contributed by atoms with Crippen molar-refractivity contribution in [2.75, 3.05) is 0 Å². The Morgan fingerprint density at radius 2 is 1.73 bits per heavy atom. The van der Waals surface area contributed by atoms with E-state index >= 15 is 0 Å². The van der Waals surface area contributed by atoms with Crippen molar-refractivity contribution >= 4 is 21.8 Å². The zero-order valence-corrected chi connectivity index (χ0v) is 12.7. The zero-order chi connectivity index (χ0) is 16.7. The number of rotatable bonds is 4. The summed E-state index contributed by atoms with van der Waals surface area (Å²) in [6.45, 7) is 3.06. The SMILES string of the molecule is CC1(C)NC(=O)N(Cc2ccc(S(=O)(=O)C(F)F)cc2)C1=O. The topological polar surface area (TPSA) is 83.6 Å². The Balaban J connectivity index is 2.20. The van der Waals surface area contributed by atoms with Crippen LogP contribution in [0.25, 0.3) is 0 Å². The normalized spacial score (nSPS) is 18.0. The Morgan fingerprint density at radius 1 is 1.18 bits per heavy atom. The molecule has 0 atom stereocenters. The molecule has 0 radical (unpaired) electrons. The standard InChI is InChI=1S/C13H14F2N2O4S/c1-13(2)10(18)17(12(19)16-13)7-8-3-5-9(6-4-8)22(20,21)11(14)15/h3-6,11H,7H2,1-2H3,(H,16,19). The maximum Gasteiger partial charge on any atom is 0.341 e. The van der Waals surface area contributed by atoms with Gasteiger partial charge in [-0.25, -0.2) is 13.2 Å². The van der Waals surface area contributed by atoms with Gasteiger partial charge >= 0.3 is 11.8 Å². The summed E-state index contributed by atoms with van der Waals surface area (Å²) in [4.78, 5) is 24.2. The van der Waals surface area contributed by atoms with E-state index in [9.17, 15) is 26.8 Å². The number of hydrogen-bond acceptors (Lipinski definition) is 4. The van der Waals surface area contributed by atoms with E-state index in [1.165, 1.54) is 12.1 Å². The Kier molecular flexibility index (Phi) is 3.94. The zero-order valence-electron chi connectivity index (χ0n) is 11.8. The number of halogens is 2. The summed E-state index contributed by atoms with van der Waals surface area (Å²) in [5.41, 5.74) is -0.551. The Labute approximate surface area is 126 Å². The average Bonchev–Trinajstić information content (AvgIpc) is 2.61. The maximum absolute atomic E-state index is 12.4. The first-order valence-electron chi connectivity index (χ1n) is 6.31.